The average molecular weight is 285 g/mol. The van der Waals surface area contributed by atoms with Crippen molar-refractivity contribution in [3.8, 4) is 0 Å². The summed E-state index contributed by atoms with van der Waals surface area (Å²) in [5, 5.41) is 2.53. The predicted molar refractivity (Wildman–Crippen MR) is 81.6 cm³/mol. The number of hydrogen-bond donors (Lipinski definition) is 1. The highest BCUT2D eigenvalue weighted by atomic mass is 16.6. The maximum Gasteiger partial charge on any atom is 0.415 e. The van der Waals surface area contributed by atoms with Crippen molar-refractivity contribution in [3.63, 3.8) is 0 Å². The molecule has 0 aromatic rings. The van der Waals surface area contributed by atoms with Gasteiger partial charge in [-0.1, -0.05) is 58.3 Å². The van der Waals surface area contributed by atoms with Gasteiger partial charge >= 0.3 is 12.1 Å². The van der Waals surface area contributed by atoms with E-state index in [1.165, 1.54) is 38.5 Å². The van der Waals surface area contributed by atoms with Crippen LogP contribution in [0.15, 0.2) is 0 Å². The summed E-state index contributed by atoms with van der Waals surface area (Å²) in [6, 6.07) is -0.0111. The number of hydrogen-bond acceptors (Lipinski definition) is 3. The molecule has 0 aromatic heterocycles. The highest BCUT2D eigenvalue weighted by Crippen LogP contribution is 2.10. The van der Waals surface area contributed by atoms with E-state index in [9.17, 15) is 9.59 Å². The van der Waals surface area contributed by atoms with E-state index < -0.39 is 12.1 Å². The zero-order chi connectivity index (χ0) is 15.2. The van der Waals surface area contributed by atoms with Gasteiger partial charge in [0.25, 0.3) is 0 Å². The van der Waals surface area contributed by atoms with E-state index in [1.54, 1.807) is 0 Å². The molecule has 0 aliphatic rings. The molecular weight excluding hydrogens is 254 g/mol. The van der Waals surface area contributed by atoms with Gasteiger partial charge in [0.1, 0.15) is 0 Å². The lowest BCUT2D eigenvalue weighted by Gasteiger charge is -2.07. The first-order valence-electron chi connectivity index (χ1n) is 8.07. The van der Waals surface area contributed by atoms with Crippen LogP contribution in [0.4, 0.5) is 4.79 Å². The van der Waals surface area contributed by atoms with E-state index in [0.29, 0.717) is 6.42 Å². The Kier molecular flexibility index (Phi) is 12.3. The SMILES string of the molecule is CCCCCCCCCCCC(=O)OC(=O)NC(C)C. The highest BCUT2D eigenvalue weighted by molar-refractivity contribution is 5.84. The number of carbonyl (C=O) groups excluding carboxylic acids is 2. The van der Waals surface area contributed by atoms with Crippen LogP contribution in [0, 0.1) is 0 Å². The van der Waals surface area contributed by atoms with Crippen LogP contribution in [0.5, 0.6) is 0 Å². The van der Waals surface area contributed by atoms with Crippen LogP contribution in [-0.4, -0.2) is 18.1 Å². The summed E-state index contributed by atoms with van der Waals surface area (Å²) in [6.45, 7) is 5.87. The van der Waals surface area contributed by atoms with Gasteiger partial charge < -0.3 is 10.1 Å². The molecule has 0 unspecified atom stereocenters. The van der Waals surface area contributed by atoms with Crippen molar-refractivity contribution in [2.75, 3.05) is 0 Å². The normalized spacial score (nSPS) is 10.6. The minimum atomic E-state index is -0.638. The van der Waals surface area contributed by atoms with E-state index in [-0.39, 0.29) is 6.04 Å². The van der Waals surface area contributed by atoms with Crippen molar-refractivity contribution in [3.05, 3.63) is 0 Å². The van der Waals surface area contributed by atoms with E-state index in [4.69, 9.17) is 0 Å². The number of carbonyl (C=O) groups is 2. The minimum Gasteiger partial charge on any atom is -0.376 e. The van der Waals surface area contributed by atoms with E-state index in [2.05, 4.69) is 17.0 Å². The highest BCUT2D eigenvalue weighted by Gasteiger charge is 2.10. The Morgan fingerprint density at radius 3 is 1.90 bits per heavy atom. The van der Waals surface area contributed by atoms with Gasteiger partial charge in [0.05, 0.1) is 0 Å². The summed E-state index contributed by atoms with van der Waals surface area (Å²) >= 11 is 0. The molecule has 0 heterocycles. The maximum atomic E-state index is 11.4. The van der Waals surface area contributed by atoms with E-state index in [0.717, 1.165) is 19.3 Å². The first-order valence-corrected chi connectivity index (χ1v) is 8.07. The number of rotatable bonds is 11. The van der Waals surface area contributed by atoms with Gasteiger partial charge in [-0.05, 0) is 20.3 Å². The molecule has 0 saturated heterocycles. The standard InChI is InChI=1S/C16H31NO3/c1-4-5-6-7-8-9-10-11-12-13-15(18)20-16(19)17-14(2)3/h14H,4-13H2,1-3H3,(H,17,19). The summed E-state index contributed by atoms with van der Waals surface area (Å²) in [7, 11) is 0. The largest absolute Gasteiger partial charge is 0.415 e. The van der Waals surface area contributed by atoms with Gasteiger partial charge in [0.15, 0.2) is 0 Å². The number of unbranched alkanes of at least 4 members (excludes halogenated alkanes) is 8. The Bertz CT molecular complexity index is 264. The summed E-state index contributed by atoms with van der Waals surface area (Å²) in [6.07, 6.45) is 10.5. The van der Waals surface area contributed by atoms with E-state index in [1.807, 2.05) is 13.8 Å². The van der Waals surface area contributed by atoms with Gasteiger partial charge in [-0.15, -0.1) is 0 Å². The molecule has 0 atom stereocenters. The lowest BCUT2D eigenvalue weighted by Crippen LogP contribution is -2.32. The fraction of sp³-hybridized carbons (Fsp3) is 0.875. The Labute approximate surface area is 123 Å². The molecule has 4 nitrogen and oxygen atoms in total. The Morgan fingerprint density at radius 2 is 1.40 bits per heavy atom. The topological polar surface area (TPSA) is 55.4 Å². The summed E-state index contributed by atoms with van der Waals surface area (Å²) in [5.41, 5.74) is 0. The molecule has 0 bridgehead atoms. The molecule has 0 radical (unpaired) electrons. The smallest absolute Gasteiger partial charge is 0.376 e. The Balaban J connectivity index is 3.33. The van der Waals surface area contributed by atoms with Crippen LogP contribution in [0.1, 0.15) is 85.0 Å². The molecule has 1 amide bonds. The third kappa shape index (κ3) is 13.4. The molecular formula is C16H31NO3. The van der Waals surface area contributed by atoms with Crippen molar-refractivity contribution in [2.24, 2.45) is 0 Å². The van der Waals surface area contributed by atoms with Gasteiger partial charge in [-0.25, -0.2) is 4.79 Å². The molecule has 118 valence electrons. The molecule has 0 aliphatic carbocycles. The number of nitrogens with one attached hydrogen (secondary N) is 1. The van der Waals surface area contributed by atoms with E-state index >= 15 is 0 Å². The first-order chi connectivity index (χ1) is 9.56. The lowest BCUT2D eigenvalue weighted by atomic mass is 10.1. The maximum absolute atomic E-state index is 11.4. The van der Waals surface area contributed by atoms with Crippen molar-refractivity contribution in [2.45, 2.75) is 91.0 Å². The van der Waals surface area contributed by atoms with Crippen LogP contribution >= 0.6 is 0 Å². The van der Waals surface area contributed by atoms with Crippen molar-refractivity contribution >= 4 is 12.1 Å². The van der Waals surface area contributed by atoms with Gasteiger partial charge in [-0.3, -0.25) is 4.79 Å². The molecule has 20 heavy (non-hydrogen) atoms. The molecule has 4 heteroatoms. The molecule has 0 spiro atoms. The third-order valence-corrected chi connectivity index (χ3v) is 3.10. The average Bonchev–Trinajstić information content (AvgIpc) is 2.35. The van der Waals surface area contributed by atoms with Crippen LogP contribution in [0.2, 0.25) is 0 Å². The zero-order valence-electron chi connectivity index (χ0n) is 13.4. The summed E-state index contributed by atoms with van der Waals surface area (Å²) in [5.74, 6) is -0.425. The quantitative estimate of drug-likeness (QED) is 0.344. The number of alkyl carbamates (subject to hydrolysis) is 1. The Morgan fingerprint density at radius 1 is 0.900 bits per heavy atom. The monoisotopic (exact) mass is 285 g/mol. The number of esters is 1. The molecule has 0 rings (SSSR count). The van der Waals surface area contributed by atoms with Gasteiger partial charge in [0.2, 0.25) is 0 Å². The molecule has 0 aromatic carbocycles. The van der Waals surface area contributed by atoms with Gasteiger partial charge in [-0.2, -0.15) is 0 Å². The summed E-state index contributed by atoms with van der Waals surface area (Å²) in [4.78, 5) is 22.5. The number of amides is 1. The molecule has 0 fully saturated rings. The predicted octanol–water partition coefficient (Wildman–Crippen LogP) is 4.57. The van der Waals surface area contributed by atoms with Crippen molar-refractivity contribution < 1.29 is 14.3 Å². The van der Waals surface area contributed by atoms with Gasteiger partial charge in [0, 0.05) is 12.5 Å². The summed E-state index contributed by atoms with van der Waals surface area (Å²) < 4.78 is 4.64. The number of ether oxygens (including phenoxy) is 1. The van der Waals surface area contributed by atoms with Crippen LogP contribution in [-0.2, 0) is 9.53 Å². The fourth-order valence-electron chi connectivity index (χ4n) is 2.00. The van der Waals surface area contributed by atoms with Crippen LogP contribution < -0.4 is 5.32 Å². The Hall–Kier alpha value is -1.06. The second-order valence-electron chi connectivity index (χ2n) is 5.64. The first kappa shape index (κ1) is 18.9. The minimum absolute atomic E-state index is 0.0111. The molecule has 1 N–H and O–H groups in total. The second kappa shape index (κ2) is 12.9. The van der Waals surface area contributed by atoms with Crippen molar-refractivity contribution in [1.29, 1.82) is 0 Å². The molecule has 0 aliphatic heterocycles. The third-order valence-electron chi connectivity index (χ3n) is 3.10. The fourth-order valence-corrected chi connectivity index (χ4v) is 2.00. The van der Waals surface area contributed by atoms with Crippen LogP contribution in [0.25, 0.3) is 0 Å². The van der Waals surface area contributed by atoms with Crippen LogP contribution in [0.3, 0.4) is 0 Å². The molecule has 0 saturated carbocycles. The van der Waals surface area contributed by atoms with Crippen molar-refractivity contribution in [1.82, 2.24) is 5.32 Å². The zero-order valence-corrected chi connectivity index (χ0v) is 13.4. The lowest BCUT2D eigenvalue weighted by molar-refractivity contribution is -0.137. The second-order valence-corrected chi connectivity index (χ2v) is 5.64.